The zero-order valence-corrected chi connectivity index (χ0v) is 20.2. The second kappa shape index (κ2) is 9.30. The lowest BCUT2D eigenvalue weighted by Crippen LogP contribution is -2.35. The second-order valence-electron chi connectivity index (χ2n) is 7.96. The third kappa shape index (κ3) is 4.22. The fraction of sp³-hybridized carbons (Fsp3) is 0.348. The normalized spacial score (nSPS) is 18.0. The molecule has 2 heterocycles. The number of ketones is 1. The third-order valence-electron chi connectivity index (χ3n) is 5.58. The highest BCUT2D eigenvalue weighted by atomic mass is 79.9. The van der Waals surface area contributed by atoms with Crippen molar-refractivity contribution in [3.05, 3.63) is 62.4 Å². The molecule has 1 atom stereocenters. The first-order chi connectivity index (χ1) is 15.1. The monoisotopic (exact) mass is 503 g/mol. The number of hydrogen-bond acceptors (Lipinski definition) is 6. The van der Waals surface area contributed by atoms with Gasteiger partial charge in [0.2, 0.25) is 0 Å². The van der Waals surface area contributed by atoms with Crippen LogP contribution in [0.15, 0.2) is 34.3 Å². The summed E-state index contributed by atoms with van der Waals surface area (Å²) in [6.07, 6.45) is 0. The molecule has 0 spiro atoms. The van der Waals surface area contributed by atoms with Crippen molar-refractivity contribution in [2.24, 2.45) is 0 Å². The molecule has 32 heavy (non-hydrogen) atoms. The molecule has 8 nitrogen and oxygen atoms in total. The lowest BCUT2D eigenvalue weighted by Gasteiger charge is -2.26. The van der Waals surface area contributed by atoms with Crippen LogP contribution < -0.4 is 0 Å². The number of methoxy groups -OCH3 is 1. The van der Waals surface area contributed by atoms with Gasteiger partial charge in [-0.2, -0.15) is 0 Å². The number of amides is 1. The molecule has 1 amide bonds. The predicted molar refractivity (Wildman–Crippen MR) is 123 cm³/mol. The van der Waals surface area contributed by atoms with Gasteiger partial charge < -0.3 is 24.6 Å². The summed E-state index contributed by atoms with van der Waals surface area (Å²) in [5, 5.41) is 11.3. The van der Waals surface area contributed by atoms with Crippen LogP contribution >= 0.6 is 15.9 Å². The molecule has 1 fully saturated rings. The zero-order valence-electron chi connectivity index (χ0n) is 18.7. The van der Waals surface area contributed by atoms with Crippen molar-refractivity contribution >= 4 is 39.3 Å². The molecule has 0 saturated carbocycles. The van der Waals surface area contributed by atoms with Crippen LogP contribution in [0.4, 0.5) is 0 Å². The molecule has 1 aromatic carbocycles. The van der Waals surface area contributed by atoms with Crippen molar-refractivity contribution in [3.63, 3.8) is 0 Å². The SMILES string of the molecule is COC(=O)c1[nH]c(C)c(C(O)=C2C(=O)C(=O)N(CCN(C)C)[C@H]2c2ccc(Br)cc2)c1C. The molecule has 0 radical (unpaired) electrons. The average molecular weight is 504 g/mol. The number of aromatic nitrogens is 1. The largest absolute Gasteiger partial charge is 0.507 e. The average Bonchev–Trinajstić information content (AvgIpc) is 3.18. The maximum atomic E-state index is 13.1. The fourth-order valence-corrected chi connectivity index (χ4v) is 4.22. The van der Waals surface area contributed by atoms with Crippen LogP contribution in [0.1, 0.15) is 38.9 Å². The number of esters is 1. The van der Waals surface area contributed by atoms with Gasteiger partial charge in [-0.15, -0.1) is 0 Å². The van der Waals surface area contributed by atoms with E-state index in [4.69, 9.17) is 4.74 Å². The van der Waals surface area contributed by atoms with Gasteiger partial charge in [0.25, 0.3) is 11.7 Å². The number of nitrogens with zero attached hydrogens (tertiary/aromatic N) is 2. The number of aliphatic hydroxyl groups excluding tert-OH is 1. The van der Waals surface area contributed by atoms with E-state index in [1.165, 1.54) is 12.0 Å². The highest BCUT2D eigenvalue weighted by Gasteiger charge is 2.46. The summed E-state index contributed by atoms with van der Waals surface area (Å²) < 4.78 is 5.65. The van der Waals surface area contributed by atoms with E-state index in [0.29, 0.717) is 35.5 Å². The molecule has 9 heteroatoms. The minimum Gasteiger partial charge on any atom is -0.507 e. The molecule has 0 aliphatic carbocycles. The van der Waals surface area contributed by atoms with Gasteiger partial charge in [0.1, 0.15) is 11.5 Å². The van der Waals surface area contributed by atoms with Gasteiger partial charge >= 0.3 is 5.97 Å². The number of carbonyl (C=O) groups excluding carboxylic acids is 3. The summed E-state index contributed by atoms with van der Waals surface area (Å²) in [7, 11) is 5.03. The number of benzene rings is 1. The van der Waals surface area contributed by atoms with Gasteiger partial charge in [-0.3, -0.25) is 9.59 Å². The Morgan fingerprint density at radius 3 is 2.41 bits per heavy atom. The van der Waals surface area contributed by atoms with E-state index in [1.54, 1.807) is 13.8 Å². The molecule has 1 aliphatic rings. The Hall–Kier alpha value is -2.91. The maximum Gasteiger partial charge on any atom is 0.354 e. The number of likely N-dealkylation sites (tertiary alicyclic amines) is 1. The van der Waals surface area contributed by atoms with Crippen LogP contribution in [0.5, 0.6) is 0 Å². The molecule has 1 aromatic heterocycles. The number of halogens is 1. The smallest absolute Gasteiger partial charge is 0.354 e. The number of H-pyrrole nitrogens is 1. The number of rotatable bonds is 6. The fourth-order valence-electron chi connectivity index (χ4n) is 3.96. The van der Waals surface area contributed by atoms with E-state index in [9.17, 15) is 19.5 Å². The van der Waals surface area contributed by atoms with Crippen molar-refractivity contribution in [1.82, 2.24) is 14.8 Å². The summed E-state index contributed by atoms with van der Waals surface area (Å²) in [6, 6.07) is 6.52. The summed E-state index contributed by atoms with van der Waals surface area (Å²) in [5.74, 6) is -2.32. The van der Waals surface area contributed by atoms with Crippen molar-refractivity contribution in [3.8, 4) is 0 Å². The first kappa shape index (κ1) is 23.7. The Morgan fingerprint density at radius 1 is 1.22 bits per heavy atom. The van der Waals surface area contributed by atoms with Gasteiger partial charge in [-0.1, -0.05) is 28.1 Å². The number of ether oxygens (including phenoxy) is 1. The zero-order chi connectivity index (χ0) is 23.7. The standard InChI is InChI=1S/C23H26BrN3O5/c1-12-16(13(2)25-18(12)23(31)32-5)20(28)17-19(14-6-8-15(24)9-7-14)27(11-10-26(3)4)22(30)21(17)29/h6-9,19,25,28H,10-11H2,1-5H3/t19-/m0/s1. The van der Waals surface area contributed by atoms with Crippen molar-refractivity contribution in [2.45, 2.75) is 19.9 Å². The number of aliphatic hydroxyl groups is 1. The topological polar surface area (TPSA) is 103 Å². The van der Waals surface area contributed by atoms with Crippen molar-refractivity contribution in [1.29, 1.82) is 0 Å². The van der Waals surface area contributed by atoms with Crippen LogP contribution in [-0.4, -0.2) is 71.8 Å². The Balaban J connectivity index is 2.21. The Morgan fingerprint density at radius 2 is 1.84 bits per heavy atom. The molecular weight excluding hydrogens is 478 g/mol. The molecule has 0 bridgehead atoms. The van der Waals surface area contributed by atoms with Crippen LogP contribution in [0.3, 0.4) is 0 Å². The minimum atomic E-state index is -0.756. The first-order valence-electron chi connectivity index (χ1n) is 10.0. The number of likely N-dealkylation sites (N-methyl/N-ethyl adjacent to an activating group) is 1. The molecule has 2 N–H and O–H groups in total. The van der Waals surface area contributed by atoms with E-state index >= 15 is 0 Å². The predicted octanol–water partition coefficient (Wildman–Crippen LogP) is 3.16. The lowest BCUT2D eigenvalue weighted by atomic mass is 9.94. The Bertz CT molecular complexity index is 1100. The van der Waals surface area contributed by atoms with Crippen molar-refractivity contribution in [2.75, 3.05) is 34.3 Å². The quantitative estimate of drug-likeness (QED) is 0.271. The van der Waals surface area contributed by atoms with Crippen molar-refractivity contribution < 1.29 is 24.2 Å². The van der Waals surface area contributed by atoms with E-state index in [-0.39, 0.29) is 17.0 Å². The minimum absolute atomic E-state index is 0.00213. The molecule has 1 saturated heterocycles. The van der Waals surface area contributed by atoms with Gasteiger partial charge in [0.05, 0.1) is 18.7 Å². The molecular formula is C23H26BrN3O5. The lowest BCUT2D eigenvalue weighted by molar-refractivity contribution is -0.140. The molecule has 170 valence electrons. The summed E-state index contributed by atoms with van der Waals surface area (Å²) >= 11 is 3.40. The first-order valence-corrected chi connectivity index (χ1v) is 10.8. The number of nitrogens with one attached hydrogen (secondary N) is 1. The molecule has 0 unspecified atom stereocenters. The van der Waals surface area contributed by atoms with Crippen LogP contribution in [0.25, 0.3) is 5.76 Å². The third-order valence-corrected chi connectivity index (χ3v) is 6.11. The van der Waals surface area contributed by atoms with Crippen LogP contribution in [0.2, 0.25) is 0 Å². The number of aromatic amines is 1. The van der Waals surface area contributed by atoms with Gasteiger partial charge in [0, 0.05) is 28.8 Å². The second-order valence-corrected chi connectivity index (χ2v) is 8.88. The van der Waals surface area contributed by atoms with Gasteiger partial charge in [-0.25, -0.2) is 4.79 Å². The van der Waals surface area contributed by atoms with E-state index < -0.39 is 23.7 Å². The molecule has 2 aromatic rings. The molecule has 3 rings (SSSR count). The summed E-state index contributed by atoms with van der Waals surface area (Å²) in [4.78, 5) is 44.5. The number of hydrogen-bond donors (Lipinski definition) is 2. The Kier molecular flexibility index (Phi) is 6.90. The van der Waals surface area contributed by atoms with E-state index in [1.807, 2.05) is 43.3 Å². The number of aryl methyl sites for hydroxylation is 1. The number of Topliss-reactive ketones (excluding diaryl/α,β-unsaturated/α-hetero) is 1. The number of carbonyl (C=O) groups is 3. The van der Waals surface area contributed by atoms with Gasteiger partial charge in [0.15, 0.2) is 0 Å². The highest BCUT2D eigenvalue weighted by Crippen LogP contribution is 2.41. The summed E-state index contributed by atoms with van der Waals surface area (Å²) in [5.41, 5.74) is 2.14. The summed E-state index contributed by atoms with van der Waals surface area (Å²) in [6.45, 7) is 4.20. The maximum absolute atomic E-state index is 13.1. The molecule has 1 aliphatic heterocycles. The van der Waals surface area contributed by atoms with Gasteiger partial charge in [-0.05, 0) is 51.2 Å². The highest BCUT2D eigenvalue weighted by molar-refractivity contribution is 9.10. The van der Waals surface area contributed by atoms with Crippen LogP contribution in [0, 0.1) is 13.8 Å². The Labute approximate surface area is 195 Å². The van der Waals surface area contributed by atoms with E-state index in [2.05, 4.69) is 20.9 Å². The van der Waals surface area contributed by atoms with E-state index in [0.717, 1.165) is 4.47 Å². The van der Waals surface area contributed by atoms with Crippen LogP contribution in [-0.2, 0) is 14.3 Å².